The van der Waals surface area contributed by atoms with E-state index in [4.69, 9.17) is 11.6 Å². The second kappa shape index (κ2) is 6.90. The molecule has 15 heavy (non-hydrogen) atoms. The van der Waals surface area contributed by atoms with Gasteiger partial charge in [0.25, 0.3) is 5.91 Å². The highest BCUT2D eigenvalue weighted by Gasteiger charge is 2.09. The zero-order valence-corrected chi connectivity index (χ0v) is 13.0. The quantitative estimate of drug-likeness (QED) is 0.426. The van der Waals surface area contributed by atoms with E-state index >= 15 is 0 Å². The Kier molecular flexibility index (Phi) is 6.21. The molecule has 0 aliphatic rings. The van der Waals surface area contributed by atoms with Crippen molar-refractivity contribution in [1.82, 2.24) is 5.32 Å². The summed E-state index contributed by atoms with van der Waals surface area (Å²) in [4.78, 5) is 11.7. The van der Waals surface area contributed by atoms with Crippen molar-refractivity contribution in [2.75, 3.05) is 11.0 Å². The van der Waals surface area contributed by atoms with E-state index in [1.54, 1.807) is 12.1 Å². The normalized spacial score (nSPS) is 10.1. The van der Waals surface area contributed by atoms with E-state index in [1.807, 2.05) is 6.07 Å². The molecule has 0 fully saturated rings. The molecule has 1 rings (SSSR count). The molecule has 0 atom stereocenters. The summed E-state index contributed by atoms with van der Waals surface area (Å²) in [5.74, 6) is -0.0493. The van der Waals surface area contributed by atoms with Gasteiger partial charge in [0, 0.05) is 19.6 Å². The summed E-state index contributed by atoms with van der Waals surface area (Å²) in [6.07, 6.45) is 0.990. The summed E-state index contributed by atoms with van der Waals surface area (Å²) in [6.45, 7) is 0.713. The fourth-order valence-electron chi connectivity index (χ4n) is 1.04. The standard InChI is InChI=1S/C10H10ClI2NO/c11-7-2-3-9(13)8(6-7)10(15)14-5-1-4-12/h2-3,6H,1,4-5H2,(H,14,15). The lowest BCUT2D eigenvalue weighted by Crippen LogP contribution is -2.25. The average molecular weight is 449 g/mol. The van der Waals surface area contributed by atoms with E-state index in [9.17, 15) is 4.79 Å². The minimum Gasteiger partial charge on any atom is -0.352 e. The van der Waals surface area contributed by atoms with Gasteiger partial charge in [0.1, 0.15) is 0 Å². The van der Waals surface area contributed by atoms with Gasteiger partial charge in [0.15, 0.2) is 0 Å². The van der Waals surface area contributed by atoms with Crippen LogP contribution in [0.15, 0.2) is 18.2 Å². The van der Waals surface area contributed by atoms with Crippen LogP contribution in [-0.4, -0.2) is 16.9 Å². The van der Waals surface area contributed by atoms with Crippen LogP contribution in [-0.2, 0) is 0 Å². The first-order valence-corrected chi connectivity index (χ1v) is 7.42. The molecule has 1 N–H and O–H groups in total. The largest absolute Gasteiger partial charge is 0.352 e. The number of benzene rings is 1. The minimum absolute atomic E-state index is 0.0493. The lowest BCUT2D eigenvalue weighted by atomic mass is 10.2. The SMILES string of the molecule is O=C(NCCCI)c1cc(Cl)ccc1I. The molecule has 0 spiro atoms. The summed E-state index contributed by atoms with van der Waals surface area (Å²) in [6, 6.07) is 5.32. The zero-order valence-electron chi connectivity index (χ0n) is 7.90. The van der Waals surface area contributed by atoms with Crippen molar-refractivity contribution >= 4 is 62.7 Å². The number of rotatable bonds is 4. The van der Waals surface area contributed by atoms with Gasteiger partial charge in [-0.1, -0.05) is 34.2 Å². The van der Waals surface area contributed by atoms with Crippen molar-refractivity contribution in [1.29, 1.82) is 0 Å². The number of nitrogens with one attached hydrogen (secondary N) is 1. The minimum atomic E-state index is -0.0493. The molecule has 0 saturated heterocycles. The maximum atomic E-state index is 11.7. The van der Waals surface area contributed by atoms with Crippen molar-refractivity contribution < 1.29 is 4.79 Å². The second-order valence-corrected chi connectivity index (χ2v) is 5.60. The topological polar surface area (TPSA) is 29.1 Å². The van der Waals surface area contributed by atoms with Gasteiger partial charge >= 0.3 is 0 Å². The molecule has 1 aromatic rings. The van der Waals surface area contributed by atoms with Gasteiger partial charge in [-0.2, -0.15) is 0 Å². The van der Waals surface area contributed by atoms with Gasteiger partial charge < -0.3 is 5.32 Å². The van der Waals surface area contributed by atoms with Crippen LogP contribution in [0.4, 0.5) is 0 Å². The Morgan fingerprint density at radius 1 is 1.47 bits per heavy atom. The first-order valence-electron chi connectivity index (χ1n) is 4.44. The Hall–Kier alpha value is 0.440. The average Bonchev–Trinajstić information content (AvgIpc) is 2.22. The number of amides is 1. The van der Waals surface area contributed by atoms with Gasteiger partial charge in [0.2, 0.25) is 0 Å². The van der Waals surface area contributed by atoms with Crippen molar-refractivity contribution in [3.8, 4) is 0 Å². The third kappa shape index (κ3) is 4.44. The highest BCUT2D eigenvalue weighted by Crippen LogP contribution is 2.17. The van der Waals surface area contributed by atoms with Crippen LogP contribution < -0.4 is 5.32 Å². The highest BCUT2D eigenvalue weighted by molar-refractivity contribution is 14.1. The number of hydrogen-bond donors (Lipinski definition) is 1. The van der Waals surface area contributed by atoms with Gasteiger partial charge in [-0.05, 0) is 47.2 Å². The molecule has 0 unspecified atom stereocenters. The molecule has 0 heterocycles. The molecule has 0 saturated carbocycles. The molecule has 82 valence electrons. The lowest BCUT2D eigenvalue weighted by Gasteiger charge is -2.06. The molecule has 2 nitrogen and oxygen atoms in total. The first kappa shape index (κ1) is 13.5. The van der Waals surface area contributed by atoms with Crippen molar-refractivity contribution in [3.63, 3.8) is 0 Å². The van der Waals surface area contributed by atoms with Gasteiger partial charge in [0.05, 0.1) is 5.56 Å². The smallest absolute Gasteiger partial charge is 0.252 e. The maximum Gasteiger partial charge on any atom is 0.252 e. The van der Waals surface area contributed by atoms with Crippen molar-refractivity contribution in [2.45, 2.75) is 6.42 Å². The third-order valence-electron chi connectivity index (χ3n) is 1.77. The number of carbonyl (C=O) groups is 1. The van der Waals surface area contributed by atoms with E-state index in [-0.39, 0.29) is 5.91 Å². The first-order chi connectivity index (χ1) is 7.15. The van der Waals surface area contributed by atoms with Crippen molar-refractivity contribution in [3.05, 3.63) is 32.4 Å². The number of alkyl halides is 1. The van der Waals surface area contributed by atoms with E-state index in [2.05, 4.69) is 50.5 Å². The Balaban J connectivity index is 2.68. The molecule has 0 aromatic heterocycles. The van der Waals surface area contributed by atoms with Gasteiger partial charge in [-0.3, -0.25) is 4.79 Å². The predicted octanol–water partition coefficient (Wildman–Crippen LogP) is 3.50. The van der Waals surface area contributed by atoms with Crippen LogP contribution in [0.5, 0.6) is 0 Å². The van der Waals surface area contributed by atoms with E-state index in [0.29, 0.717) is 17.1 Å². The molecule has 0 radical (unpaired) electrons. The molecule has 0 bridgehead atoms. The molecule has 1 aromatic carbocycles. The molecule has 0 aliphatic carbocycles. The molecular weight excluding hydrogens is 439 g/mol. The summed E-state index contributed by atoms with van der Waals surface area (Å²) < 4.78 is 1.97. The summed E-state index contributed by atoms with van der Waals surface area (Å²) >= 11 is 10.3. The second-order valence-electron chi connectivity index (χ2n) is 2.92. The van der Waals surface area contributed by atoms with Crippen LogP contribution >= 0.6 is 56.8 Å². The van der Waals surface area contributed by atoms with Crippen LogP contribution in [0.25, 0.3) is 0 Å². The van der Waals surface area contributed by atoms with E-state index < -0.39 is 0 Å². The zero-order chi connectivity index (χ0) is 11.3. The lowest BCUT2D eigenvalue weighted by molar-refractivity contribution is 0.0953. The van der Waals surface area contributed by atoms with Gasteiger partial charge in [-0.15, -0.1) is 0 Å². The monoisotopic (exact) mass is 449 g/mol. The van der Waals surface area contributed by atoms with Crippen LogP contribution in [0.3, 0.4) is 0 Å². The van der Waals surface area contributed by atoms with E-state index in [0.717, 1.165) is 14.4 Å². The summed E-state index contributed by atoms with van der Waals surface area (Å²) in [7, 11) is 0. The maximum absolute atomic E-state index is 11.7. The Morgan fingerprint density at radius 2 is 2.20 bits per heavy atom. The fraction of sp³-hybridized carbons (Fsp3) is 0.300. The highest BCUT2D eigenvalue weighted by atomic mass is 127. The van der Waals surface area contributed by atoms with E-state index in [1.165, 1.54) is 0 Å². The van der Waals surface area contributed by atoms with Crippen LogP contribution in [0.1, 0.15) is 16.8 Å². The third-order valence-corrected chi connectivity index (χ3v) is 3.71. The number of halogens is 3. The Labute approximate surface area is 121 Å². The fourth-order valence-corrected chi connectivity index (χ4v) is 2.17. The van der Waals surface area contributed by atoms with Crippen LogP contribution in [0.2, 0.25) is 5.02 Å². The van der Waals surface area contributed by atoms with Gasteiger partial charge in [-0.25, -0.2) is 0 Å². The Morgan fingerprint density at radius 3 is 2.87 bits per heavy atom. The van der Waals surface area contributed by atoms with Crippen LogP contribution in [0, 0.1) is 3.57 Å². The summed E-state index contributed by atoms with van der Waals surface area (Å²) in [5, 5.41) is 3.45. The number of carbonyl (C=O) groups excluding carboxylic acids is 1. The molecule has 0 aliphatic heterocycles. The molecule has 1 amide bonds. The Bertz CT molecular complexity index is 357. The predicted molar refractivity (Wildman–Crippen MR) is 80.0 cm³/mol. The van der Waals surface area contributed by atoms with Crippen molar-refractivity contribution in [2.24, 2.45) is 0 Å². The molecule has 5 heteroatoms. The molecular formula is C10H10ClI2NO. The summed E-state index contributed by atoms with van der Waals surface area (Å²) in [5.41, 5.74) is 0.650. The number of hydrogen-bond acceptors (Lipinski definition) is 1.